The highest BCUT2D eigenvalue weighted by Crippen LogP contribution is 2.32. The molecule has 1 unspecified atom stereocenters. The Morgan fingerprint density at radius 1 is 1.00 bits per heavy atom. The molecule has 1 amide bonds. The molecule has 25 heavy (non-hydrogen) atoms. The topological polar surface area (TPSA) is 29.5 Å². The Bertz CT molecular complexity index is 759. The van der Waals surface area contributed by atoms with Crippen LogP contribution in [0.2, 0.25) is 0 Å². The minimum atomic E-state index is -0.491. The van der Waals surface area contributed by atoms with E-state index in [9.17, 15) is 4.79 Å². The van der Waals surface area contributed by atoms with Crippen molar-refractivity contribution in [3.63, 3.8) is 0 Å². The maximum absolute atomic E-state index is 12.6. The number of benzene rings is 2. The lowest BCUT2D eigenvalue weighted by Gasteiger charge is -2.35. The first-order valence-corrected chi connectivity index (χ1v) is 8.74. The number of ether oxygens (including phenoxy) is 1. The maximum Gasteiger partial charge on any atom is 0.411 e. The molecule has 130 valence electrons. The average Bonchev–Trinajstić information content (AvgIpc) is 2.61. The monoisotopic (exact) mass is 335 g/mol. The summed E-state index contributed by atoms with van der Waals surface area (Å²) in [4.78, 5) is 14.4. The van der Waals surface area contributed by atoms with Gasteiger partial charge >= 0.3 is 6.09 Å². The molecule has 0 radical (unpaired) electrons. The van der Waals surface area contributed by atoms with Crippen LogP contribution in [0.25, 0.3) is 11.1 Å². The van der Waals surface area contributed by atoms with E-state index >= 15 is 0 Å². The third-order valence-corrected chi connectivity index (χ3v) is 4.21. The molecule has 0 N–H and O–H groups in total. The molecule has 0 aromatic heterocycles. The van der Waals surface area contributed by atoms with Crippen LogP contribution >= 0.6 is 0 Å². The van der Waals surface area contributed by atoms with E-state index < -0.39 is 5.60 Å². The van der Waals surface area contributed by atoms with Crippen LogP contribution in [0, 0.1) is 0 Å². The summed E-state index contributed by atoms with van der Waals surface area (Å²) in [7, 11) is 0. The fraction of sp³-hybridized carbons (Fsp3) is 0.318. The van der Waals surface area contributed by atoms with E-state index in [1.807, 2.05) is 49.9 Å². The summed E-state index contributed by atoms with van der Waals surface area (Å²) in [5, 5.41) is 0. The number of nitrogens with zero attached hydrogens (tertiary/aromatic N) is 1. The number of amides is 1. The van der Waals surface area contributed by atoms with Crippen LogP contribution in [0.3, 0.4) is 0 Å². The largest absolute Gasteiger partial charge is 0.444 e. The van der Waals surface area contributed by atoms with Gasteiger partial charge in [0, 0.05) is 6.54 Å². The van der Waals surface area contributed by atoms with Crippen molar-refractivity contribution in [2.75, 3.05) is 6.54 Å². The number of hydrogen-bond donors (Lipinski definition) is 0. The third kappa shape index (κ3) is 4.30. The predicted molar refractivity (Wildman–Crippen MR) is 101 cm³/mol. The van der Waals surface area contributed by atoms with Crippen molar-refractivity contribution in [1.29, 1.82) is 0 Å². The van der Waals surface area contributed by atoms with Gasteiger partial charge < -0.3 is 4.74 Å². The van der Waals surface area contributed by atoms with E-state index in [1.54, 1.807) is 0 Å². The number of carbonyl (C=O) groups is 1. The lowest BCUT2D eigenvalue weighted by atomic mass is 9.95. The molecular weight excluding hydrogens is 310 g/mol. The van der Waals surface area contributed by atoms with Crippen molar-refractivity contribution >= 4 is 6.09 Å². The van der Waals surface area contributed by atoms with E-state index in [0.29, 0.717) is 6.54 Å². The summed E-state index contributed by atoms with van der Waals surface area (Å²) in [6, 6.07) is 18.7. The zero-order valence-corrected chi connectivity index (χ0v) is 15.1. The molecule has 3 rings (SSSR count). The van der Waals surface area contributed by atoms with Crippen molar-refractivity contribution < 1.29 is 9.53 Å². The summed E-state index contributed by atoms with van der Waals surface area (Å²) in [6.07, 6.45) is 4.71. The van der Waals surface area contributed by atoms with Gasteiger partial charge in [0.15, 0.2) is 0 Å². The van der Waals surface area contributed by atoms with Crippen molar-refractivity contribution in [1.82, 2.24) is 4.90 Å². The second-order valence-electron chi connectivity index (χ2n) is 7.35. The molecule has 1 aliphatic heterocycles. The van der Waals surface area contributed by atoms with Gasteiger partial charge in [-0.3, -0.25) is 4.90 Å². The summed E-state index contributed by atoms with van der Waals surface area (Å²) in [5.41, 5.74) is 2.99. The molecule has 0 aliphatic carbocycles. The SMILES string of the molecule is CC(C)(C)OC(=O)N1CC=CCC1c1cccc(-c2ccccc2)c1. The van der Waals surface area contributed by atoms with Crippen LogP contribution < -0.4 is 0 Å². The average molecular weight is 335 g/mol. The Morgan fingerprint density at radius 2 is 1.72 bits per heavy atom. The van der Waals surface area contributed by atoms with E-state index in [0.717, 1.165) is 17.5 Å². The van der Waals surface area contributed by atoms with Crippen molar-refractivity contribution in [2.45, 2.75) is 38.8 Å². The van der Waals surface area contributed by atoms with Crippen LogP contribution in [0.4, 0.5) is 4.79 Å². The molecule has 2 aromatic rings. The van der Waals surface area contributed by atoms with Crippen molar-refractivity contribution in [2.24, 2.45) is 0 Å². The fourth-order valence-electron chi connectivity index (χ4n) is 3.06. The molecule has 3 heteroatoms. The highest BCUT2D eigenvalue weighted by Gasteiger charge is 2.29. The van der Waals surface area contributed by atoms with E-state index in [4.69, 9.17) is 4.74 Å². The van der Waals surface area contributed by atoms with Crippen LogP contribution in [-0.2, 0) is 4.74 Å². The molecule has 0 saturated carbocycles. The van der Waals surface area contributed by atoms with Gasteiger partial charge in [0.2, 0.25) is 0 Å². The molecule has 1 aliphatic rings. The maximum atomic E-state index is 12.6. The van der Waals surface area contributed by atoms with E-state index in [-0.39, 0.29) is 12.1 Å². The Morgan fingerprint density at radius 3 is 2.44 bits per heavy atom. The lowest BCUT2D eigenvalue weighted by molar-refractivity contribution is 0.0176. The fourth-order valence-corrected chi connectivity index (χ4v) is 3.06. The van der Waals surface area contributed by atoms with Crippen molar-refractivity contribution in [3.8, 4) is 11.1 Å². The number of carbonyl (C=O) groups excluding carboxylic acids is 1. The Kier molecular flexibility index (Phi) is 4.93. The van der Waals surface area contributed by atoms with Gasteiger partial charge in [-0.1, -0.05) is 60.7 Å². The van der Waals surface area contributed by atoms with Crippen molar-refractivity contribution in [3.05, 3.63) is 72.3 Å². The Hall–Kier alpha value is -2.55. The first kappa shape index (κ1) is 17.3. The molecule has 0 fully saturated rings. The molecule has 1 atom stereocenters. The van der Waals surface area contributed by atoms with Gasteiger partial charge in [0.25, 0.3) is 0 Å². The van der Waals surface area contributed by atoms with Gasteiger partial charge in [0.1, 0.15) is 5.60 Å². The molecular formula is C22H25NO2. The summed E-state index contributed by atoms with van der Waals surface area (Å²) in [5.74, 6) is 0. The smallest absolute Gasteiger partial charge is 0.411 e. The van der Waals surface area contributed by atoms with Gasteiger partial charge in [0.05, 0.1) is 6.04 Å². The number of hydrogen-bond acceptors (Lipinski definition) is 2. The molecule has 0 spiro atoms. The van der Waals surface area contributed by atoms with Gasteiger partial charge in [-0.05, 0) is 49.9 Å². The highest BCUT2D eigenvalue weighted by molar-refractivity contribution is 5.70. The first-order valence-electron chi connectivity index (χ1n) is 8.74. The van der Waals surface area contributed by atoms with Gasteiger partial charge in [-0.25, -0.2) is 4.79 Å². The summed E-state index contributed by atoms with van der Waals surface area (Å²) >= 11 is 0. The van der Waals surface area contributed by atoms with E-state index in [1.165, 1.54) is 5.56 Å². The summed E-state index contributed by atoms with van der Waals surface area (Å²) in [6.45, 7) is 6.27. The van der Waals surface area contributed by atoms with Gasteiger partial charge in [-0.15, -0.1) is 0 Å². The second kappa shape index (κ2) is 7.14. The third-order valence-electron chi connectivity index (χ3n) is 4.21. The van der Waals surface area contributed by atoms with Gasteiger partial charge in [-0.2, -0.15) is 0 Å². The van der Waals surface area contributed by atoms with E-state index in [2.05, 4.69) is 42.5 Å². The lowest BCUT2D eigenvalue weighted by Crippen LogP contribution is -2.40. The Labute approximate surface area is 149 Å². The second-order valence-corrected chi connectivity index (χ2v) is 7.35. The van der Waals surface area contributed by atoms with Crippen LogP contribution in [0.15, 0.2) is 66.7 Å². The molecule has 1 heterocycles. The van der Waals surface area contributed by atoms with Crippen LogP contribution in [0.1, 0.15) is 38.8 Å². The predicted octanol–water partition coefficient (Wildman–Crippen LogP) is 5.59. The van der Waals surface area contributed by atoms with Crippen LogP contribution in [-0.4, -0.2) is 23.1 Å². The Balaban J connectivity index is 1.88. The molecule has 0 saturated heterocycles. The zero-order valence-electron chi connectivity index (χ0n) is 15.1. The highest BCUT2D eigenvalue weighted by atomic mass is 16.6. The minimum Gasteiger partial charge on any atom is -0.444 e. The number of rotatable bonds is 2. The normalized spacial score (nSPS) is 17.4. The molecule has 3 nitrogen and oxygen atoms in total. The summed E-state index contributed by atoms with van der Waals surface area (Å²) < 4.78 is 5.60. The first-order chi connectivity index (χ1) is 11.9. The minimum absolute atomic E-state index is 0.00325. The standard InChI is InChI=1S/C22H25NO2/c1-22(2,3)25-21(24)23-15-8-7-14-20(23)19-13-9-12-18(16-19)17-10-5-4-6-11-17/h4-13,16,20H,14-15H2,1-3H3. The quantitative estimate of drug-likeness (QED) is 0.669. The zero-order chi connectivity index (χ0) is 17.9. The molecule has 2 aromatic carbocycles. The molecule has 0 bridgehead atoms. The van der Waals surface area contributed by atoms with Crippen LogP contribution in [0.5, 0.6) is 0 Å².